The van der Waals surface area contributed by atoms with Crippen molar-refractivity contribution in [2.24, 2.45) is 0 Å². The third-order valence-corrected chi connectivity index (χ3v) is 4.13. The van der Waals surface area contributed by atoms with Gasteiger partial charge in [0.1, 0.15) is 0 Å². The van der Waals surface area contributed by atoms with E-state index >= 15 is 0 Å². The zero-order valence-corrected chi connectivity index (χ0v) is 14.1. The first kappa shape index (κ1) is 16.4. The Labute approximate surface area is 135 Å². The van der Waals surface area contributed by atoms with Gasteiger partial charge in [-0.1, -0.05) is 56.2 Å². The normalized spacial score (nSPS) is 10.1. The van der Waals surface area contributed by atoms with Crippen LogP contribution in [0, 0.1) is 25.7 Å². The highest BCUT2D eigenvalue weighted by molar-refractivity contribution is 5.45. The van der Waals surface area contributed by atoms with Gasteiger partial charge in [0.25, 0.3) is 0 Å². The highest BCUT2D eigenvalue weighted by atomic mass is 14.0. The van der Waals surface area contributed by atoms with Crippen LogP contribution in [0.1, 0.15) is 60.4 Å². The molecule has 0 saturated carbocycles. The Hall–Kier alpha value is -2.00. The first-order valence-electron chi connectivity index (χ1n) is 8.37. The van der Waals surface area contributed by atoms with E-state index in [-0.39, 0.29) is 0 Å². The highest BCUT2D eigenvalue weighted by Crippen LogP contribution is 2.11. The van der Waals surface area contributed by atoms with E-state index in [1.165, 1.54) is 48.8 Å². The lowest BCUT2D eigenvalue weighted by Crippen LogP contribution is -1.86. The Balaban J connectivity index is 1.96. The molecule has 0 heteroatoms. The SMILES string of the molecule is CCCCCCc1ccc(C#Cc2ccc(C)c(C)c2)cc1. The van der Waals surface area contributed by atoms with E-state index in [2.05, 4.69) is 75.1 Å². The molecular weight excluding hydrogens is 264 g/mol. The van der Waals surface area contributed by atoms with Gasteiger partial charge in [0, 0.05) is 11.1 Å². The molecule has 0 nitrogen and oxygen atoms in total. The number of rotatable bonds is 5. The topological polar surface area (TPSA) is 0 Å². The maximum atomic E-state index is 3.26. The maximum Gasteiger partial charge on any atom is 0.0251 e. The summed E-state index contributed by atoms with van der Waals surface area (Å²) in [4.78, 5) is 0. The maximum absolute atomic E-state index is 3.26. The zero-order chi connectivity index (χ0) is 15.8. The Bertz CT molecular complexity index is 651. The van der Waals surface area contributed by atoms with Crippen LogP contribution >= 0.6 is 0 Å². The summed E-state index contributed by atoms with van der Waals surface area (Å²) >= 11 is 0. The molecule has 0 amide bonds. The Kier molecular flexibility index (Phi) is 6.28. The van der Waals surface area contributed by atoms with Crippen molar-refractivity contribution in [3.05, 3.63) is 70.3 Å². The largest absolute Gasteiger partial charge is 0.0654 e. The molecule has 0 fully saturated rings. The molecule has 0 unspecified atom stereocenters. The van der Waals surface area contributed by atoms with Crippen molar-refractivity contribution in [2.45, 2.75) is 52.9 Å². The standard InChI is InChI=1S/C22H26/c1-4-5-6-7-8-20-11-13-21(14-12-20)15-16-22-10-9-18(2)19(3)17-22/h9-14,17H,4-8H2,1-3H3. The lowest BCUT2D eigenvalue weighted by atomic mass is 10.0. The molecule has 0 spiro atoms. The van der Waals surface area contributed by atoms with Crippen molar-refractivity contribution in [3.8, 4) is 11.8 Å². The van der Waals surface area contributed by atoms with Crippen LogP contribution in [-0.4, -0.2) is 0 Å². The summed E-state index contributed by atoms with van der Waals surface area (Å²) in [5.41, 5.74) is 6.22. The number of aryl methyl sites for hydroxylation is 3. The Morgan fingerprint density at radius 2 is 1.41 bits per heavy atom. The second-order valence-corrected chi connectivity index (χ2v) is 6.06. The summed E-state index contributed by atoms with van der Waals surface area (Å²) in [5.74, 6) is 6.52. The summed E-state index contributed by atoms with van der Waals surface area (Å²) < 4.78 is 0. The van der Waals surface area contributed by atoms with Crippen LogP contribution in [0.25, 0.3) is 0 Å². The van der Waals surface area contributed by atoms with Crippen LogP contribution in [0.3, 0.4) is 0 Å². The molecule has 0 aromatic heterocycles. The van der Waals surface area contributed by atoms with E-state index < -0.39 is 0 Å². The average molecular weight is 290 g/mol. The van der Waals surface area contributed by atoms with Gasteiger partial charge in [-0.15, -0.1) is 0 Å². The van der Waals surface area contributed by atoms with E-state index in [4.69, 9.17) is 0 Å². The summed E-state index contributed by atoms with van der Waals surface area (Å²) in [6, 6.07) is 15.1. The zero-order valence-electron chi connectivity index (χ0n) is 14.1. The third-order valence-electron chi connectivity index (χ3n) is 4.13. The summed E-state index contributed by atoms with van der Waals surface area (Å²) in [6.07, 6.45) is 6.46. The molecule has 2 aromatic carbocycles. The monoisotopic (exact) mass is 290 g/mol. The number of hydrogen-bond acceptors (Lipinski definition) is 0. The molecule has 0 bridgehead atoms. The fourth-order valence-corrected chi connectivity index (χ4v) is 2.47. The first-order valence-corrected chi connectivity index (χ1v) is 8.37. The quantitative estimate of drug-likeness (QED) is 0.480. The van der Waals surface area contributed by atoms with Gasteiger partial charge in [-0.2, -0.15) is 0 Å². The summed E-state index contributed by atoms with van der Waals surface area (Å²) in [7, 11) is 0. The van der Waals surface area contributed by atoms with Gasteiger partial charge in [0.15, 0.2) is 0 Å². The molecule has 0 aliphatic carbocycles. The molecule has 0 N–H and O–H groups in total. The second kappa shape index (κ2) is 8.44. The number of benzene rings is 2. The van der Waals surface area contributed by atoms with E-state index in [1.54, 1.807) is 0 Å². The van der Waals surface area contributed by atoms with Crippen LogP contribution in [-0.2, 0) is 6.42 Å². The van der Waals surface area contributed by atoms with Gasteiger partial charge in [-0.25, -0.2) is 0 Å². The molecular formula is C22H26. The van der Waals surface area contributed by atoms with E-state index in [9.17, 15) is 0 Å². The fourth-order valence-electron chi connectivity index (χ4n) is 2.47. The number of unbranched alkanes of at least 4 members (excludes halogenated alkanes) is 3. The highest BCUT2D eigenvalue weighted by Gasteiger charge is 1.95. The minimum atomic E-state index is 1.09. The Morgan fingerprint density at radius 1 is 0.727 bits per heavy atom. The minimum absolute atomic E-state index is 1.09. The van der Waals surface area contributed by atoms with E-state index in [0.29, 0.717) is 0 Å². The minimum Gasteiger partial charge on any atom is -0.0654 e. The van der Waals surface area contributed by atoms with Crippen molar-refractivity contribution in [2.75, 3.05) is 0 Å². The van der Waals surface area contributed by atoms with Crippen molar-refractivity contribution in [1.82, 2.24) is 0 Å². The second-order valence-electron chi connectivity index (χ2n) is 6.06. The van der Waals surface area contributed by atoms with Gasteiger partial charge in [0.2, 0.25) is 0 Å². The molecule has 0 aliphatic rings. The van der Waals surface area contributed by atoms with Crippen LogP contribution < -0.4 is 0 Å². The fraction of sp³-hybridized carbons (Fsp3) is 0.364. The number of hydrogen-bond donors (Lipinski definition) is 0. The Morgan fingerprint density at radius 3 is 2.09 bits per heavy atom. The van der Waals surface area contributed by atoms with Crippen LogP contribution in [0.5, 0.6) is 0 Å². The molecule has 2 rings (SSSR count). The molecule has 2 aromatic rings. The molecule has 0 atom stereocenters. The van der Waals surface area contributed by atoms with Crippen LogP contribution in [0.15, 0.2) is 42.5 Å². The van der Waals surface area contributed by atoms with E-state index in [1.807, 2.05) is 0 Å². The van der Waals surface area contributed by atoms with Gasteiger partial charge in [-0.05, 0) is 67.6 Å². The molecule has 0 radical (unpaired) electrons. The lowest BCUT2D eigenvalue weighted by molar-refractivity contribution is 0.667. The lowest BCUT2D eigenvalue weighted by Gasteiger charge is -2.01. The molecule has 0 heterocycles. The van der Waals surface area contributed by atoms with Crippen molar-refractivity contribution in [3.63, 3.8) is 0 Å². The molecule has 114 valence electrons. The van der Waals surface area contributed by atoms with Crippen molar-refractivity contribution >= 4 is 0 Å². The predicted molar refractivity (Wildman–Crippen MR) is 96.2 cm³/mol. The van der Waals surface area contributed by atoms with Crippen molar-refractivity contribution in [1.29, 1.82) is 0 Å². The average Bonchev–Trinajstić information content (AvgIpc) is 2.54. The molecule has 0 aliphatic heterocycles. The van der Waals surface area contributed by atoms with Gasteiger partial charge < -0.3 is 0 Å². The van der Waals surface area contributed by atoms with Gasteiger partial charge in [0.05, 0.1) is 0 Å². The van der Waals surface area contributed by atoms with Crippen LogP contribution in [0.4, 0.5) is 0 Å². The summed E-state index contributed by atoms with van der Waals surface area (Å²) in [6.45, 7) is 6.52. The molecule has 22 heavy (non-hydrogen) atoms. The predicted octanol–water partition coefficient (Wildman–Crippen LogP) is 5.83. The first-order chi connectivity index (χ1) is 10.7. The van der Waals surface area contributed by atoms with Crippen molar-refractivity contribution < 1.29 is 0 Å². The van der Waals surface area contributed by atoms with Crippen LogP contribution in [0.2, 0.25) is 0 Å². The summed E-state index contributed by atoms with van der Waals surface area (Å²) in [5, 5.41) is 0. The van der Waals surface area contributed by atoms with Gasteiger partial charge in [-0.3, -0.25) is 0 Å². The smallest absolute Gasteiger partial charge is 0.0251 e. The third kappa shape index (κ3) is 5.08. The molecule has 0 saturated heterocycles. The van der Waals surface area contributed by atoms with E-state index in [0.717, 1.165) is 11.1 Å². The van der Waals surface area contributed by atoms with Gasteiger partial charge >= 0.3 is 0 Å².